The fourth-order valence-electron chi connectivity index (χ4n) is 1.21. The highest BCUT2D eigenvalue weighted by Gasteiger charge is 2.20. The number of benzene rings is 1. The van der Waals surface area contributed by atoms with Crippen molar-refractivity contribution < 1.29 is 24.1 Å². The molecule has 0 aromatic heterocycles. The number of hydrogen-bond donors (Lipinski definition) is 2. The zero-order valence-corrected chi connectivity index (χ0v) is 7.67. The van der Waals surface area contributed by atoms with Crippen LogP contribution >= 0.6 is 0 Å². The highest BCUT2D eigenvalue weighted by Crippen LogP contribution is 2.34. The Bertz CT molecular complexity index is 387. The number of aryl methyl sites for hydroxylation is 1. The van der Waals surface area contributed by atoms with Crippen molar-refractivity contribution in [3.8, 4) is 11.5 Å². The molecule has 0 saturated heterocycles. The van der Waals surface area contributed by atoms with Crippen molar-refractivity contribution in [2.75, 3.05) is 7.11 Å². The van der Waals surface area contributed by atoms with E-state index >= 15 is 0 Å². The van der Waals surface area contributed by atoms with Gasteiger partial charge in [-0.3, -0.25) is 0 Å². The summed E-state index contributed by atoms with van der Waals surface area (Å²) >= 11 is 0. The number of aromatic hydroxyl groups is 1. The Morgan fingerprint density at radius 2 is 2.14 bits per heavy atom. The van der Waals surface area contributed by atoms with Gasteiger partial charge in [-0.1, -0.05) is 0 Å². The second-order valence-electron chi connectivity index (χ2n) is 2.74. The van der Waals surface area contributed by atoms with E-state index in [1.165, 1.54) is 6.92 Å². The normalized spacial score (nSPS) is 9.93. The van der Waals surface area contributed by atoms with E-state index in [0.717, 1.165) is 13.2 Å². The monoisotopic (exact) mass is 200 g/mol. The number of phenols is 1. The molecule has 0 unspecified atom stereocenters. The summed E-state index contributed by atoms with van der Waals surface area (Å²) in [6, 6.07) is 1.00. The van der Waals surface area contributed by atoms with Crippen molar-refractivity contribution in [3.63, 3.8) is 0 Å². The second-order valence-corrected chi connectivity index (χ2v) is 2.74. The Balaban J connectivity index is 3.52. The van der Waals surface area contributed by atoms with E-state index in [0.29, 0.717) is 0 Å². The van der Waals surface area contributed by atoms with Crippen molar-refractivity contribution in [1.82, 2.24) is 0 Å². The maximum Gasteiger partial charge on any atom is 0.339 e. The third-order valence-corrected chi connectivity index (χ3v) is 1.82. The standard InChI is InChI=1S/C9H9FO4/c1-4-3-5(10)8(14-2)7(11)6(4)9(12)13/h3,11H,1-2H3,(H,12,13). The predicted octanol–water partition coefficient (Wildman–Crippen LogP) is 1.55. The Labute approximate surface area is 79.6 Å². The minimum atomic E-state index is -1.32. The van der Waals surface area contributed by atoms with Gasteiger partial charge in [0.25, 0.3) is 0 Å². The SMILES string of the molecule is COc1c(F)cc(C)c(C(=O)O)c1O. The summed E-state index contributed by atoms with van der Waals surface area (Å²) in [5.41, 5.74) is -0.198. The molecular formula is C9H9FO4. The van der Waals surface area contributed by atoms with Crippen LogP contribution in [-0.2, 0) is 0 Å². The molecular weight excluding hydrogens is 191 g/mol. The lowest BCUT2D eigenvalue weighted by Gasteiger charge is -2.09. The van der Waals surface area contributed by atoms with Crippen molar-refractivity contribution in [2.45, 2.75) is 6.92 Å². The van der Waals surface area contributed by atoms with Gasteiger partial charge in [-0.15, -0.1) is 0 Å². The van der Waals surface area contributed by atoms with Gasteiger partial charge in [-0.2, -0.15) is 0 Å². The van der Waals surface area contributed by atoms with Crippen LogP contribution in [0.5, 0.6) is 11.5 Å². The summed E-state index contributed by atoms with van der Waals surface area (Å²) in [6.07, 6.45) is 0. The summed E-state index contributed by atoms with van der Waals surface area (Å²) in [5, 5.41) is 18.1. The van der Waals surface area contributed by atoms with Crippen molar-refractivity contribution in [3.05, 3.63) is 23.0 Å². The van der Waals surface area contributed by atoms with Gasteiger partial charge >= 0.3 is 5.97 Å². The van der Waals surface area contributed by atoms with Crippen LogP contribution in [0.15, 0.2) is 6.07 Å². The minimum absolute atomic E-state index is 0.147. The molecule has 1 rings (SSSR count). The maximum absolute atomic E-state index is 13.1. The fraction of sp³-hybridized carbons (Fsp3) is 0.222. The highest BCUT2D eigenvalue weighted by atomic mass is 19.1. The van der Waals surface area contributed by atoms with Gasteiger partial charge in [0.2, 0.25) is 0 Å². The molecule has 1 aromatic carbocycles. The number of carboxylic acids is 1. The third kappa shape index (κ3) is 1.48. The highest BCUT2D eigenvalue weighted by molar-refractivity contribution is 5.93. The fourth-order valence-corrected chi connectivity index (χ4v) is 1.21. The second kappa shape index (κ2) is 3.53. The van der Waals surface area contributed by atoms with Crippen LogP contribution in [0.3, 0.4) is 0 Å². The van der Waals surface area contributed by atoms with Crippen LogP contribution in [0.2, 0.25) is 0 Å². The molecule has 76 valence electrons. The summed E-state index contributed by atoms with van der Waals surface area (Å²) < 4.78 is 17.6. The number of aromatic carboxylic acids is 1. The van der Waals surface area contributed by atoms with E-state index in [2.05, 4.69) is 4.74 Å². The van der Waals surface area contributed by atoms with E-state index in [1.54, 1.807) is 0 Å². The van der Waals surface area contributed by atoms with Crippen LogP contribution in [0, 0.1) is 12.7 Å². The van der Waals surface area contributed by atoms with Gasteiger partial charge in [0.15, 0.2) is 17.3 Å². The predicted molar refractivity (Wildman–Crippen MR) is 46.3 cm³/mol. The van der Waals surface area contributed by atoms with Crippen LogP contribution < -0.4 is 4.74 Å². The first-order valence-corrected chi connectivity index (χ1v) is 3.78. The van der Waals surface area contributed by atoms with E-state index in [4.69, 9.17) is 5.11 Å². The van der Waals surface area contributed by atoms with Gasteiger partial charge < -0.3 is 14.9 Å². The summed E-state index contributed by atoms with van der Waals surface area (Å²) in [7, 11) is 1.15. The maximum atomic E-state index is 13.1. The lowest BCUT2D eigenvalue weighted by atomic mass is 10.1. The number of carbonyl (C=O) groups is 1. The molecule has 5 heteroatoms. The van der Waals surface area contributed by atoms with E-state index in [1.807, 2.05) is 0 Å². The van der Waals surface area contributed by atoms with E-state index < -0.39 is 23.3 Å². The Hall–Kier alpha value is -1.78. The van der Waals surface area contributed by atoms with Gasteiger partial charge in [-0.05, 0) is 18.6 Å². The summed E-state index contributed by atoms with van der Waals surface area (Å²) in [5.74, 6) is -3.24. The molecule has 0 heterocycles. The lowest BCUT2D eigenvalue weighted by Crippen LogP contribution is -2.03. The molecule has 14 heavy (non-hydrogen) atoms. The number of halogens is 1. The topological polar surface area (TPSA) is 66.8 Å². The number of hydrogen-bond acceptors (Lipinski definition) is 3. The summed E-state index contributed by atoms with van der Waals surface area (Å²) in [6.45, 7) is 1.39. The van der Waals surface area contributed by atoms with Crippen LogP contribution in [-0.4, -0.2) is 23.3 Å². The molecule has 4 nitrogen and oxygen atoms in total. The first-order chi connectivity index (χ1) is 6.49. The Morgan fingerprint density at radius 1 is 1.57 bits per heavy atom. The minimum Gasteiger partial charge on any atom is -0.504 e. The average Bonchev–Trinajstić information content (AvgIpc) is 2.02. The van der Waals surface area contributed by atoms with Crippen molar-refractivity contribution >= 4 is 5.97 Å². The molecule has 0 bridgehead atoms. The van der Waals surface area contributed by atoms with Gasteiger partial charge in [0.1, 0.15) is 5.56 Å². The van der Waals surface area contributed by atoms with Crippen LogP contribution in [0.1, 0.15) is 15.9 Å². The number of carboxylic acid groups (broad SMARTS) is 1. The zero-order valence-electron chi connectivity index (χ0n) is 7.67. The third-order valence-electron chi connectivity index (χ3n) is 1.82. The quantitative estimate of drug-likeness (QED) is 0.759. The van der Waals surface area contributed by atoms with Crippen molar-refractivity contribution in [2.24, 2.45) is 0 Å². The largest absolute Gasteiger partial charge is 0.504 e. The molecule has 0 aliphatic rings. The first kappa shape index (κ1) is 10.3. The Morgan fingerprint density at radius 3 is 2.57 bits per heavy atom. The molecule has 0 saturated carbocycles. The molecule has 0 radical (unpaired) electrons. The number of rotatable bonds is 2. The average molecular weight is 200 g/mol. The molecule has 0 atom stereocenters. The van der Waals surface area contributed by atoms with Gasteiger partial charge in [0, 0.05) is 0 Å². The van der Waals surface area contributed by atoms with Crippen molar-refractivity contribution in [1.29, 1.82) is 0 Å². The molecule has 0 aliphatic heterocycles. The molecule has 2 N–H and O–H groups in total. The van der Waals surface area contributed by atoms with Crippen LogP contribution in [0.4, 0.5) is 4.39 Å². The molecule has 0 amide bonds. The Kier molecular flexibility index (Phi) is 2.60. The van der Waals surface area contributed by atoms with Crippen LogP contribution in [0.25, 0.3) is 0 Å². The molecule has 0 spiro atoms. The number of ether oxygens (including phenoxy) is 1. The smallest absolute Gasteiger partial charge is 0.339 e. The van der Waals surface area contributed by atoms with Gasteiger partial charge in [-0.25, -0.2) is 9.18 Å². The zero-order chi connectivity index (χ0) is 10.9. The lowest BCUT2D eigenvalue weighted by molar-refractivity contribution is 0.0692. The molecule has 1 aromatic rings. The first-order valence-electron chi connectivity index (χ1n) is 3.78. The number of methoxy groups -OCH3 is 1. The molecule has 0 aliphatic carbocycles. The summed E-state index contributed by atoms with van der Waals surface area (Å²) in [4.78, 5) is 10.7. The molecule has 0 fully saturated rings. The van der Waals surface area contributed by atoms with E-state index in [9.17, 15) is 14.3 Å². The van der Waals surface area contributed by atoms with E-state index in [-0.39, 0.29) is 11.1 Å². The van der Waals surface area contributed by atoms with Gasteiger partial charge in [0.05, 0.1) is 7.11 Å².